The van der Waals surface area contributed by atoms with Crippen molar-refractivity contribution < 1.29 is 14.3 Å². The summed E-state index contributed by atoms with van der Waals surface area (Å²) in [7, 11) is 3.30. The van der Waals surface area contributed by atoms with E-state index in [0.717, 1.165) is 11.3 Å². The number of rotatable bonds is 8. The smallest absolute Gasteiger partial charge is 0.238 e. The fraction of sp³-hybridized carbons (Fsp3) is 0.300. The van der Waals surface area contributed by atoms with Crippen LogP contribution in [0.25, 0.3) is 0 Å². The lowest BCUT2D eigenvalue weighted by Gasteiger charge is -2.19. The first-order valence-electron chi connectivity index (χ1n) is 8.54. The van der Waals surface area contributed by atoms with E-state index in [9.17, 15) is 9.59 Å². The van der Waals surface area contributed by atoms with Crippen LogP contribution in [0.5, 0.6) is 5.75 Å². The van der Waals surface area contributed by atoms with E-state index in [-0.39, 0.29) is 30.9 Å². The molecule has 0 spiro atoms. The molecule has 0 radical (unpaired) electrons. The lowest BCUT2D eigenvalue weighted by atomic mass is 10.1. The summed E-state index contributed by atoms with van der Waals surface area (Å²) in [5, 5.41) is 6.32. The molecular formula is C20H24ClN3O3. The van der Waals surface area contributed by atoms with Crippen LogP contribution in [0.1, 0.15) is 18.5 Å². The molecule has 2 rings (SSSR count). The maximum atomic E-state index is 12.2. The third-order valence-corrected chi connectivity index (χ3v) is 4.16. The van der Waals surface area contributed by atoms with Crippen molar-refractivity contribution in [3.63, 3.8) is 0 Å². The number of carbonyl (C=O) groups excluding carboxylic acids is 2. The molecule has 27 heavy (non-hydrogen) atoms. The molecule has 0 aliphatic carbocycles. The van der Waals surface area contributed by atoms with Crippen LogP contribution in [0, 0.1) is 0 Å². The fourth-order valence-corrected chi connectivity index (χ4v) is 2.77. The minimum atomic E-state index is -0.196. The van der Waals surface area contributed by atoms with Crippen molar-refractivity contribution in [2.24, 2.45) is 0 Å². The summed E-state index contributed by atoms with van der Waals surface area (Å²) < 4.78 is 5.08. The maximum Gasteiger partial charge on any atom is 0.238 e. The molecule has 0 fully saturated rings. The van der Waals surface area contributed by atoms with Crippen molar-refractivity contribution in [3.05, 3.63) is 59.1 Å². The molecule has 0 aliphatic rings. The van der Waals surface area contributed by atoms with Crippen LogP contribution >= 0.6 is 11.6 Å². The van der Waals surface area contributed by atoms with E-state index in [2.05, 4.69) is 10.6 Å². The van der Waals surface area contributed by atoms with Gasteiger partial charge in [-0.3, -0.25) is 14.5 Å². The Bertz CT molecular complexity index is 780. The van der Waals surface area contributed by atoms with Crippen LogP contribution in [0.3, 0.4) is 0 Å². The number of nitrogens with zero attached hydrogens (tertiary/aromatic N) is 1. The lowest BCUT2D eigenvalue weighted by Crippen LogP contribution is -2.39. The fourth-order valence-electron chi connectivity index (χ4n) is 2.57. The summed E-state index contributed by atoms with van der Waals surface area (Å²) >= 11 is 5.98. The highest BCUT2D eigenvalue weighted by molar-refractivity contribution is 6.30. The first kappa shape index (κ1) is 20.7. The van der Waals surface area contributed by atoms with Crippen molar-refractivity contribution >= 4 is 29.1 Å². The van der Waals surface area contributed by atoms with Crippen LogP contribution in [0.4, 0.5) is 5.69 Å². The standard InChI is InChI=1S/C20H24ClN3O3/c1-14(15-5-4-6-16(21)11-15)22-19(25)12-24(2)13-20(26)23-17-7-9-18(27-3)10-8-17/h4-11,14H,12-13H2,1-3H3,(H,22,25)(H,23,26). The average molecular weight is 390 g/mol. The number of benzene rings is 2. The molecule has 144 valence electrons. The van der Waals surface area contributed by atoms with Crippen LogP contribution in [-0.4, -0.2) is 44.0 Å². The summed E-state index contributed by atoms with van der Waals surface area (Å²) in [6, 6.07) is 14.2. The number of methoxy groups -OCH3 is 1. The quantitative estimate of drug-likeness (QED) is 0.727. The minimum absolute atomic E-state index is 0.102. The second-order valence-corrected chi connectivity index (χ2v) is 6.73. The number of halogens is 1. The van der Waals surface area contributed by atoms with E-state index in [4.69, 9.17) is 16.3 Å². The van der Waals surface area contributed by atoms with Gasteiger partial charge in [-0.1, -0.05) is 23.7 Å². The molecule has 0 bridgehead atoms. The van der Waals surface area contributed by atoms with Crippen molar-refractivity contribution in [1.29, 1.82) is 0 Å². The zero-order valence-corrected chi connectivity index (χ0v) is 16.4. The van der Waals surface area contributed by atoms with Gasteiger partial charge in [0.05, 0.1) is 26.2 Å². The molecule has 7 heteroatoms. The van der Waals surface area contributed by atoms with Gasteiger partial charge in [-0.2, -0.15) is 0 Å². The maximum absolute atomic E-state index is 12.2. The molecule has 0 aromatic heterocycles. The van der Waals surface area contributed by atoms with Crippen LogP contribution in [-0.2, 0) is 9.59 Å². The number of hydrogen-bond acceptors (Lipinski definition) is 4. The first-order chi connectivity index (χ1) is 12.9. The Hall–Kier alpha value is -2.57. The number of ether oxygens (including phenoxy) is 1. The van der Waals surface area contributed by atoms with Gasteiger partial charge in [0.1, 0.15) is 5.75 Å². The zero-order chi connectivity index (χ0) is 19.8. The molecule has 1 unspecified atom stereocenters. The molecule has 0 saturated heterocycles. The van der Waals surface area contributed by atoms with E-state index in [0.29, 0.717) is 10.7 Å². The monoisotopic (exact) mass is 389 g/mol. The van der Waals surface area contributed by atoms with Gasteiger partial charge in [-0.25, -0.2) is 0 Å². The SMILES string of the molecule is COc1ccc(NC(=O)CN(C)CC(=O)NC(C)c2cccc(Cl)c2)cc1. The first-order valence-corrected chi connectivity index (χ1v) is 8.92. The summed E-state index contributed by atoms with van der Waals surface area (Å²) in [6.07, 6.45) is 0. The molecule has 1 atom stereocenters. The molecule has 2 amide bonds. The Morgan fingerprint density at radius 2 is 1.78 bits per heavy atom. The van der Waals surface area contributed by atoms with E-state index in [1.54, 1.807) is 49.4 Å². The predicted molar refractivity (Wildman–Crippen MR) is 107 cm³/mol. The van der Waals surface area contributed by atoms with Gasteiger partial charge < -0.3 is 15.4 Å². The van der Waals surface area contributed by atoms with Gasteiger partial charge in [0.15, 0.2) is 0 Å². The van der Waals surface area contributed by atoms with Crippen molar-refractivity contribution in [2.45, 2.75) is 13.0 Å². The van der Waals surface area contributed by atoms with E-state index in [1.165, 1.54) is 0 Å². The molecule has 0 aliphatic heterocycles. The normalized spacial score (nSPS) is 11.7. The number of hydrogen-bond donors (Lipinski definition) is 2. The van der Waals surface area contributed by atoms with Crippen LogP contribution < -0.4 is 15.4 Å². The van der Waals surface area contributed by atoms with E-state index in [1.807, 2.05) is 25.1 Å². The number of anilines is 1. The molecule has 0 heterocycles. The molecule has 6 nitrogen and oxygen atoms in total. The molecule has 2 aromatic carbocycles. The van der Waals surface area contributed by atoms with Crippen LogP contribution in [0.2, 0.25) is 5.02 Å². The number of nitrogens with one attached hydrogen (secondary N) is 2. The van der Waals surface area contributed by atoms with E-state index >= 15 is 0 Å². The molecule has 2 aromatic rings. The zero-order valence-electron chi connectivity index (χ0n) is 15.7. The highest BCUT2D eigenvalue weighted by Gasteiger charge is 2.14. The number of likely N-dealkylation sites (N-methyl/N-ethyl adjacent to an activating group) is 1. The van der Waals surface area contributed by atoms with Crippen molar-refractivity contribution in [2.75, 3.05) is 32.6 Å². The Labute approximate surface area is 164 Å². The van der Waals surface area contributed by atoms with Gasteiger partial charge in [-0.05, 0) is 55.9 Å². The summed E-state index contributed by atoms with van der Waals surface area (Å²) in [4.78, 5) is 26.0. The van der Waals surface area contributed by atoms with Crippen molar-refractivity contribution in [1.82, 2.24) is 10.2 Å². The second-order valence-electron chi connectivity index (χ2n) is 6.29. The van der Waals surface area contributed by atoms with Gasteiger partial charge in [0.25, 0.3) is 0 Å². The Morgan fingerprint density at radius 1 is 1.11 bits per heavy atom. The van der Waals surface area contributed by atoms with E-state index < -0.39 is 0 Å². The topological polar surface area (TPSA) is 70.7 Å². The molecule has 2 N–H and O–H groups in total. The van der Waals surface area contributed by atoms with Gasteiger partial charge in [0.2, 0.25) is 11.8 Å². The Kier molecular flexibility index (Phi) is 7.64. The van der Waals surface area contributed by atoms with Gasteiger partial charge in [0, 0.05) is 10.7 Å². The highest BCUT2D eigenvalue weighted by atomic mass is 35.5. The number of carbonyl (C=O) groups is 2. The van der Waals surface area contributed by atoms with Crippen LogP contribution in [0.15, 0.2) is 48.5 Å². The third-order valence-electron chi connectivity index (χ3n) is 3.93. The van der Waals surface area contributed by atoms with Gasteiger partial charge in [-0.15, -0.1) is 0 Å². The molecule has 0 saturated carbocycles. The average Bonchev–Trinajstić information content (AvgIpc) is 2.61. The summed E-state index contributed by atoms with van der Waals surface area (Å²) in [5.74, 6) is 0.358. The predicted octanol–water partition coefficient (Wildman–Crippen LogP) is 3.10. The summed E-state index contributed by atoms with van der Waals surface area (Å²) in [5.41, 5.74) is 1.60. The minimum Gasteiger partial charge on any atom is -0.497 e. The second kappa shape index (κ2) is 9.94. The Morgan fingerprint density at radius 3 is 2.41 bits per heavy atom. The lowest BCUT2D eigenvalue weighted by molar-refractivity contribution is -0.123. The molecular weight excluding hydrogens is 366 g/mol. The highest BCUT2D eigenvalue weighted by Crippen LogP contribution is 2.17. The largest absolute Gasteiger partial charge is 0.497 e. The third kappa shape index (κ3) is 6.92. The van der Waals surface area contributed by atoms with Crippen molar-refractivity contribution in [3.8, 4) is 5.75 Å². The Balaban J connectivity index is 1.78. The summed E-state index contributed by atoms with van der Waals surface area (Å²) in [6.45, 7) is 2.10. The number of amides is 2. The van der Waals surface area contributed by atoms with Gasteiger partial charge >= 0.3 is 0 Å².